The van der Waals surface area contributed by atoms with Crippen molar-refractivity contribution in [2.24, 2.45) is 4.99 Å². The number of aromatic amines is 1. The molecule has 1 aliphatic rings. The molecule has 0 amide bonds. The van der Waals surface area contributed by atoms with Gasteiger partial charge in [0.05, 0.1) is 7.11 Å². The first kappa shape index (κ1) is 17.1. The minimum absolute atomic E-state index is 0.130. The molecule has 1 atom stereocenters. The Morgan fingerprint density at radius 2 is 2.24 bits per heavy atom. The van der Waals surface area contributed by atoms with Crippen molar-refractivity contribution in [3.8, 4) is 17.8 Å². The number of imidazole rings is 1. The summed E-state index contributed by atoms with van der Waals surface area (Å²) in [5, 5.41) is 8.75. The average Bonchev–Trinajstić information content (AvgIpc) is 3.28. The zero-order chi connectivity index (χ0) is 17.6. The number of pyridine rings is 1. The Morgan fingerprint density at radius 1 is 1.44 bits per heavy atom. The zero-order valence-corrected chi connectivity index (χ0v) is 14.6. The second kappa shape index (κ2) is 7.88. The van der Waals surface area contributed by atoms with Crippen molar-refractivity contribution in [3.05, 3.63) is 35.8 Å². The Balaban J connectivity index is 1.80. The van der Waals surface area contributed by atoms with Gasteiger partial charge in [0.15, 0.2) is 5.75 Å². The van der Waals surface area contributed by atoms with Gasteiger partial charge in [-0.15, -0.1) is 4.99 Å². The normalized spacial score (nSPS) is 16.6. The molecule has 1 aliphatic carbocycles. The molecule has 2 aromatic rings. The van der Waals surface area contributed by atoms with Crippen molar-refractivity contribution in [1.82, 2.24) is 14.5 Å². The molecule has 0 aliphatic heterocycles. The Kier molecular flexibility index (Phi) is 5.39. The molecule has 0 spiro atoms. The van der Waals surface area contributed by atoms with Gasteiger partial charge in [0.2, 0.25) is 11.8 Å². The Bertz CT molecular complexity index is 811. The number of nitrogens with zero attached hydrogens (tertiary/aromatic N) is 4. The molecular formula is C18H23N5O2. The summed E-state index contributed by atoms with van der Waals surface area (Å²) in [6.45, 7) is 2.75. The number of rotatable bonds is 6. The lowest BCUT2D eigenvalue weighted by Gasteiger charge is -2.18. The van der Waals surface area contributed by atoms with Crippen LogP contribution in [0.15, 0.2) is 29.5 Å². The van der Waals surface area contributed by atoms with E-state index in [1.165, 1.54) is 12.8 Å². The first-order valence-corrected chi connectivity index (χ1v) is 8.59. The van der Waals surface area contributed by atoms with E-state index < -0.39 is 0 Å². The van der Waals surface area contributed by atoms with Crippen LogP contribution in [0.2, 0.25) is 0 Å². The summed E-state index contributed by atoms with van der Waals surface area (Å²) in [6.07, 6.45) is 10.2. The summed E-state index contributed by atoms with van der Waals surface area (Å²) in [5.41, 5.74) is 1.45. The first-order valence-electron chi connectivity index (χ1n) is 8.59. The maximum Gasteiger partial charge on any atom is 0.257 e. The molecule has 7 nitrogen and oxygen atoms in total. The molecule has 25 heavy (non-hydrogen) atoms. The lowest BCUT2D eigenvalue weighted by atomic mass is 10.1. The van der Waals surface area contributed by atoms with Crippen LogP contribution < -0.4 is 15.1 Å². The summed E-state index contributed by atoms with van der Waals surface area (Å²) < 4.78 is 13.4. The topological polar surface area (TPSA) is 88.2 Å². The second-order valence-electron chi connectivity index (χ2n) is 6.32. The van der Waals surface area contributed by atoms with Crippen molar-refractivity contribution in [2.45, 2.75) is 51.2 Å². The third kappa shape index (κ3) is 4.02. The standard InChI is InChI=1S/C18H23N5O2/c1-13(11-23-10-9-20-18(23)21-12-19)15-7-8-16(24-2)17(22-15)25-14-5-3-4-6-14/h7-10,13-14H,3-6,11H2,1-2H3,(H,20,21). The van der Waals surface area contributed by atoms with Crippen molar-refractivity contribution >= 4 is 0 Å². The van der Waals surface area contributed by atoms with Crippen molar-refractivity contribution in [2.75, 3.05) is 7.11 Å². The summed E-state index contributed by atoms with van der Waals surface area (Å²) >= 11 is 0. The van der Waals surface area contributed by atoms with E-state index >= 15 is 0 Å². The SMILES string of the molecule is COc1ccc(C(C)Cn2cc[nH]/c2=N\C#N)nc1OC1CCCC1. The molecular weight excluding hydrogens is 318 g/mol. The third-order valence-electron chi connectivity index (χ3n) is 4.52. The van der Waals surface area contributed by atoms with E-state index in [1.807, 2.05) is 29.1 Å². The van der Waals surface area contributed by atoms with Gasteiger partial charge in [-0.2, -0.15) is 5.26 Å². The van der Waals surface area contributed by atoms with Crippen LogP contribution in [0.4, 0.5) is 0 Å². The number of aromatic nitrogens is 3. The largest absolute Gasteiger partial charge is 0.491 e. The van der Waals surface area contributed by atoms with Crippen LogP contribution in [0.25, 0.3) is 0 Å². The second-order valence-corrected chi connectivity index (χ2v) is 6.32. The molecule has 132 valence electrons. The number of hydrogen-bond donors (Lipinski definition) is 1. The molecule has 0 saturated heterocycles. The highest BCUT2D eigenvalue weighted by Crippen LogP contribution is 2.31. The summed E-state index contributed by atoms with van der Waals surface area (Å²) in [4.78, 5) is 11.4. The van der Waals surface area contributed by atoms with Gasteiger partial charge in [-0.05, 0) is 37.8 Å². The Morgan fingerprint density at radius 3 is 2.96 bits per heavy atom. The molecule has 0 bridgehead atoms. The zero-order valence-electron chi connectivity index (χ0n) is 14.6. The van der Waals surface area contributed by atoms with Crippen LogP contribution in [-0.4, -0.2) is 27.7 Å². The molecule has 0 radical (unpaired) electrons. The van der Waals surface area contributed by atoms with Crippen LogP contribution in [-0.2, 0) is 6.54 Å². The van der Waals surface area contributed by atoms with E-state index in [2.05, 4.69) is 16.9 Å². The highest BCUT2D eigenvalue weighted by Gasteiger charge is 2.20. The lowest BCUT2D eigenvalue weighted by molar-refractivity contribution is 0.191. The maximum atomic E-state index is 8.75. The number of H-pyrrole nitrogens is 1. The van der Waals surface area contributed by atoms with Gasteiger partial charge < -0.3 is 19.0 Å². The van der Waals surface area contributed by atoms with Gasteiger partial charge in [0, 0.05) is 30.6 Å². The molecule has 2 heterocycles. The van der Waals surface area contributed by atoms with Gasteiger partial charge in [-0.25, -0.2) is 4.98 Å². The third-order valence-corrected chi connectivity index (χ3v) is 4.52. The quantitative estimate of drug-likeness (QED) is 0.818. The number of hydrogen-bond acceptors (Lipinski definition) is 5. The molecule has 1 saturated carbocycles. The first-order chi connectivity index (χ1) is 12.2. The van der Waals surface area contributed by atoms with Gasteiger partial charge >= 0.3 is 0 Å². The van der Waals surface area contributed by atoms with E-state index in [0.29, 0.717) is 23.8 Å². The molecule has 3 rings (SSSR count). The monoisotopic (exact) mass is 341 g/mol. The summed E-state index contributed by atoms with van der Waals surface area (Å²) in [5.74, 6) is 1.36. The van der Waals surface area contributed by atoms with Crippen LogP contribution in [0.3, 0.4) is 0 Å². The van der Waals surface area contributed by atoms with E-state index in [-0.39, 0.29) is 12.0 Å². The number of nitrogens with one attached hydrogen (secondary N) is 1. The van der Waals surface area contributed by atoms with Gasteiger partial charge in [0.1, 0.15) is 6.10 Å². The van der Waals surface area contributed by atoms with Crippen LogP contribution >= 0.6 is 0 Å². The fourth-order valence-corrected chi connectivity index (χ4v) is 3.16. The minimum atomic E-state index is 0.130. The molecule has 1 N–H and O–H groups in total. The average molecular weight is 341 g/mol. The molecule has 0 aromatic carbocycles. The minimum Gasteiger partial charge on any atom is -0.491 e. The Labute approximate surface area is 147 Å². The van der Waals surface area contributed by atoms with E-state index in [9.17, 15) is 0 Å². The maximum absolute atomic E-state index is 8.75. The summed E-state index contributed by atoms with van der Waals surface area (Å²) in [6, 6.07) is 3.87. The smallest absolute Gasteiger partial charge is 0.257 e. The molecule has 1 unspecified atom stereocenters. The number of ether oxygens (including phenoxy) is 2. The van der Waals surface area contributed by atoms with E-state index in [0.717, 1.165) is 18.5 Å². The number of nitriles is 1. The van der Waals surface area contributed by atoms with Crippen LogP contribution in [0, 0.1) is 11.5 Å². The number of methoxy groups -OCH3 is 1. The fourth-order valence-electron chi connectivity index (χ4n) is 3.16. The van der Waals surface area contributed by atoms with Crippen molar-refractivity contribution in [3.63, 3.8) is 0 Å². The van der Waals surface area contributed by atoms with Crippen LogP contribution in [0.5, 0.6) is 11.6 Å². The summed E-state index contributed by atoms with van der Waals surface area (Å²) in [7, 11) is 1.63. The van der Waals surface area contributed by atoms with Gasteiger partial charge in [-0.3, -0.25) is 0 Å². The van der Waals surface area contributed by atoms with E-state index in [4.69, 9.17) is 19.7 Å². The van der Waals surface area contributed by atoms with E-state index in [1.54, 1.807) is 13.3 Å². The predicted molar refractivity (Wildman–Crippen MR) is 92.0 cm³/mol. The van der Waals surface area contributed by atoms with Crippen LogP contribution in [0.1, 0.15) is 44.2 Å². The highest BCUT2D eigenvalue weighted by molar-refractivity contribution is 5.35. The van der Waals surface area contributed by atoms with Gasteiger partial charge in [-0.1, -0.05) is 6.92 Å². The predicted octanol–water partition coefficient (Wildman–Crippen LogP) is 2.73. The molecule has 1 fully saturated rings. The van der Waals surface area contributed by atoms with Crippen molar-refractivity contribution < 1.29 is 9.47 Å². The van der Waals surface area contributed by atoms with Crippen molar-refractivity contribution in [1.29, 1.82) is 5.26 Å². The lowest BCUT2D eigenvalue weighted by Crippen LogP contribution is -2.21. The highest BCUT2D eigenvalue weighted by atomic mass is 16.5. The fraction of sp³-hybridized carbons (Fsp3) is 0.500. The van der Waals surface area contributed by atoms with Gasteiger partial charge in [0.25, 0.3) is 5.88 Å². The Hall–Kier alpha value is -2.75. The molecule has 2 aromatic heterocycles. The molecule has 7 heteroatoms.